The van der Waals surface area contributed by atoms with E-state index in [0.29, 0.717) is 5.92 Å². The molecule has 0 spiro atoms. The second-order valence-corrected chi connectivity index (χ2v) is 4.33. The van der Waals surface area contributed by atoms with Gasteiger partial charge in [-0.1, -0.05) is 19.8 Å². The average Bonchev–Trinajstić information content (AvgIpc) is 2.15. The second kappa shape index (κ2) is 4.86. The Morgan fingerprint density at radius 3 is 2.27 bits per heavy atom. The maximum absolute atomic E-state index is 11.9. The smallest absolute Gasteiger partial charge is 0.348 e. The summed E-state index contributed by atoms with van der Waals surface area (Å²) in [6.07, 6.45) is -0.820. The van der Waals surface area contributed by atoms with Crippen LogP contribution in [-0.2, 0) is 4.79 Å². The van der Waals surface area contributed by atoms with Crippen LogP contribution in [0.25, 0.3) is 0 Å². The van der Waals surface area contributed by atoms with Crippen LogP contribution in [-0.4, -0.2) is 18.6 Å². The molecule has 0 atom stereocenters. The molecule has 0 heterocycles. The van der Waals surface area contributed by atoms with E-state index in [0.717, 1.165) is 25.7 Å². The lowest BCUT2D eigenvalue weighted by molar-refractivity contribution is -0.173. The number of alkyl halides is 3. The Hall–Kier alpha value is -0.740. The molecule has 1 amide bonds. The fraction of sp³-hybridized carbons (Fsp3) is 0.900. The van der Waals surface area contributed by atoms with Gasteiger partial charge in [0.15, 0.2) is 0 Å². The van der Waals surface area contributed by atoms with E-state index >= 15 is 0 Å². The van der Waals surface area contributed by atoms with Crippen LogP contribution in [0.4, 0.5) is 13.2 Å². The summed E-state index contributed by atoms with van der Waals surface area (Å²) < 4.78 is 35.6. The monoisotopic (exact) mass is 223 g/mol. The van der Waals surface area contributed by atoms with E-state index in [1.54, 1.807) is 0 Å². The predicted octanol–water partition coefficient (Wildman–Crippen LogP) is 2.49. The van der Waals surface area contributed by atoms with E-state index in [2.05, 4.69) is 6.92 Å². The van der Waals surface area contributed by atoms with Crippen molar-refractivity contribution in [2.24, 2.45) is 11.8 Å². The van der Waals surface area contributed by atoms with Gasteiger partial charge in [0, 0.05) is 6.54 Å². The van der Waals surface area contributed by atoms with Gasteiger partial charge in [-0.25, -0.2) is 0 Å². The van der Waals surface area contributed by atoms with Crippen molar-refractivity contribution in [3.05, 3.63) is 0 Å². The minimum atomic E-state index is -4.75. The van der Waals surface area contributed by atoms with E-state index < -0.39 is 12.1 Å². The highest BCUT2D eigenvalue weighted by molar-refractivity contribution is 5.81. The third-order valence-electron chi connectivity index (χ3n) is 2.94. The third-order valence-corrected chi connectivity index (χ3v) is 2.94. The standard InChI is InChI=1S/C10H16F3NO/c1-7-2-4-8(5-3-7)6-14-9(15)10(11,12)13/h7-8H,2-6H2,1H3,(H,14,15). The van der Waals surface area contributed by atoms with Crippen LogP contribution in [0.1, 0.15) is 32.6 Å². The summed E-state index contributed by atoms with van der Waals surface area (Å²) in [7, 11) is 0. The van der Waals surface area contributed by atoms with Crippen LogP contribution in [0.5, 0.6) is 0 Å². The number of hydrogen-bond acceptors (Lipinski definition) is 1. The van der Waals surface area contributed by atoms with Gasteiger partial charge in [-0.15, -0.1) is 0 Å². The van der Waals surface area contributed by atoms with Gasteiger partial charge < -0.3 is 5.32 Å². The Labute approximate surface area is 87.2 Å². The molecular weight excluding hydrogens is 207 g/mol. The maximum atomic E-state index is 11.9. The summed E-state index contributed by atoms with van der Waals surface area (Å²) in [6.45, 7) is 2.30. The van der Waals surface area contributed by atoms with Crippen molar-refractivity contribution >= 4 is 5.91 Å². The van der Waals surface area contributed by atoms with Gasteiger partial charge in [-0.3, -0.25) is 4.79 Å². The fourth-order valence-electron chi connectivity index (χ4n) is 1.87. The Morgan fingerprint density at radius 2 is 1.80 bits per heavy atom. The van der Waals surface area contributed by atoms with Gasteiger partial charge in [0.1, 0.15) is 0 Å². The highest BCUT2D eigenvalue weighted by Crippen LogP contribution is 2.27. The Kier molecular flexibility index (Phi) is 3.99. The molecule has 1 aliphatic carbocycles. The first kappa shape index (κ1) is 12.3. The number of hydrogen-bond donors (Lipinski definition) is 1. The quantitative estimate of drug-likeness (QED) is 0.765. The molecule has 1 fully saturated rings. The lowest BCUT2D eigenvalue weighted by atomic mass is 9.83. The highest BCUT2D eigenvalue weighted by Gasteiger charge is 2.38. The number of nitrogens with one attached hydrogen (secondary N) is 1. The summed E-state index contributed by atoms with van der Waals surface area (Å²) >= 11 is 0. The molecule has 5 heteroatoms. The molecule has 88 valence electrons. The molecule has 15 heavy (non-hydrogen) atoms. The first-order valence-corrected chi connectivity index (χ1v) is 5.24. The van der Waals surface area contributed by atoms with Crippen LogP contribution < -0.4 is 5.32 Å². The number of carbonyl (C=O) groups is 1. The van der Waals surface area contributed by atoms with Crippen molar-refractivity contribution in [2.45, 2.75) is 38.8 Å². The summed E-state index contributed by atoms with van der Waals surface area (Å²) in [6, 6.07) is 0. The zero-order valence-corrected chi connectivity index (χ0v) is 8.73. The molecule has 0 aromatic carbocycles. The molecule has 1 aliphatic rings. The fourth-order valence-corrected chi connectivity index (χ4v) is 1.87. The van der Waals surface area contributed by atoms with E-state index in [1.807, 2.05) is 5.32 Å². The van der Waals surface area contributed by atoms with Gasteiger partial charge in [0.05, 0.1) is 0 Å². The molecule has 1 saturated carbocycles. The molecule has 0 aliphatic heterocycles. The largest absolute Gasteiger partial charge is 0.471 e. The van der Waals surface area contributed by atoms with Crippen LogP contribution in [0, 0.1) is 11.8 Å². The molecule has 0 bridgehead atoms. The van der Waals surface area contributed by atoms with Crippen LogP contribution in [0.2, 0.25) is 0 Å². The molecule has 0 aromatic heterocycles. The van der Waals surface area contributed by atoms with Gasteiger partial charge >= 0.3 is 12.1 Å². The molecule has 0 aromatic rings. The summed E-state index contributed by atoms with van der Waals surface area (Å²) in [5, 5.41) is 1.94. The van der Waals surface area contributed by atoms with Crippen LogP contribution in [0.15, 0.2) is 0 Å². The van der Waals surface area contributed by atoms with Gasteiger partial charge in [0.25, 0.3) is 0 Å². The SMILES string of the molecule is CC1CCC(CNC(=O)C(F)(F)F)CC1. The molecule has 1 rings (SSSR count). The van der Waals surface area contributed by atoms with Crippen molar-refractivity contribution in [1.82, 2.24) is 5.32 Å². The van der Waals surface area contributed by atoms with Gasteiger partial charge in [-0.05, 0) is 24.7 Å². The third kappa shape index (κ3) is 4.10. The number of amides is 1. The van der Waals surface area contributed by atoms with Crippen LogP contribution >= 0.6 is 0 Å². The van der Waals surface area contributed by atoms with Crippen molar-refractivity contribution in [3.63, 3.8) is 0 Å². The summed E-state index contributed by atoms with van der Waals surface area (Å²) in [5.41, 5.74) is 0. The van der Waals surface area contributed by atoms with E-state index in [1.165, 1.54) is 0 Å². The lowest BCUT2D eigenvalue weighted by Crippen LogP contribution is -2.39. The van der Waals surface area contributed by atoms with Crippen molar-refractivity contribution in [2.75, 3.05) is 6.54 Å². The number of rotatable bonds is 2. The molecular formula is C10H16F3NO. The van der Waals surface area contributed by atoms with Crippen molar-refractivity contribution in [3.8, 4) is 0 Å². The predicted molar refractivity (Wildman–Crippen MR) is 50.2 cm³/mol. The average molecular weight is 223 g/mol. The zero-order chi connectivity index (χ0) is 11.5. The minimum Gasteiger partial charge on any atom is -0.348 e. The van der Waals surface area contributed by atoms with Gasteiger partial charge in [0.2, 0.25) is 0 Å². The maximum Gasteiger partial charge on any atom is 0.471 e. The molecule has 1 N–H and O–H groups in total. The molecule has 0 saturated heterocycles. The Balaban J connectivity index is 2.23. The Bertz CT molecular complexity index is 219. The highest BCUT2D eigenvalue weighted by atomic mass is 19.4. The minimum absolute atomic E-state index is 0.158. The second-order valence-electron chi connectivity index (χ2n) is 4.33. The molecule has 0 unspecified atom stereocenters. The summed E-state index contributed by atoms with van der Waals surface area (Å²) in [5.74, 6) is -0.937. The van der Waals surface area contributed by atoms with E-state index in [9.17, 15) is 18.0 Å². The summed E-state index contributed by atoms with van der Waals surface area (Å²) in [4.78, 5) is 10.5. The zero-order valence-electron chi connectivity index (χ0n) is 8.73. The molecule has 2 nitrogen and oxygen atoms in total. The lowest BCUT2D eigenvalue weighted by Gasteiger charge is -2.26. The number of carbonyl (C=O) groups excluding carboxylic acids is 1. The first-order chi connectivity index (χ1) is 6.89. The van der Waals surface area contributed by atoms with Crippen LogP contribution in [0.3, 0.4) is 0 Å². The first-order valence-electron chi connectivity index (χ1n) is 5.24. The molecule has 0 radical (unpaired) electrons. The van der Waals surface area contributed by atoms with E-state index in [4.69, 9.17) is 0 Å². The number of halogens is 3. The normalized spacial score (nSPS) is 27.5. The van der Waals surface area contributed by atoms with Crippen molar-refractivity contribution in [1.29, 1.82) is 0 Å². The van der Waals surface area contributed by atoms with Gasteiger partial charge in [-0.2, -0.15) is 13.2 Å². The van der Waals surface area contributed by atoms with E-state index in [-0.39, 0.29) is 12.5 Å². The Morgan fingerprint density at radius 1 is 1.27 bits per heavy atom. The van der Waals surface area contributed by atoms with Crippen molar-refractivity contribution < 1.29 is 18.0 Å². The topological polar surface area (TPSA) is 29.1 Å².